The molecule has 10 heteroatoms. The summed E-state index contributed by atoms with van der Waals surface area (Å²) in [5.41, 5.74) is 4.19. The molecule has 7 nitrogen and oxygen atoms in total. The highest BCUT2D eigenvalue weighted by Gasteiger charge is 2.33. The average molecular weight is 300 g/mol. The van der Waals surface area contributed by atoms with E-state index in [4.69, 9.17) is 5.73 Å². The third kappa shape index (κ3) is 3.35. The number of hydrogen-bond acceptors (Lipinski definition) is 6. The molecule has 0 atom stereocenters. The number of nitrogens with zero attached hydrogens (tertiary/aromatic N) is 3. The van der Waals surface area contributed by atoms with Gasteiger partial charge in [0, 0.05) is 5.56 Å². The molecule has 110 valence electrons. The number of hydrogen-bond donors (Lipinski definition) is 1. The number of alkyl halides is 3. The van der Waals surface area contributed by atoms with Crippen LogP contribution in [0.3, 0.4) is 0 Å². The molecule has 0 fully saturated rings. The number of nitro groups is 1. The smallest absolute Gasteiger partial charge is 0.405 e. The van der Waals surface area contributed by atoms with Gasteiger partial charge in [-0.25, -0.2) is 9.97 Å². The van der Waals surface area contributed by atoms with Crippen LogP contribution in [0.2, 0.25) is 0 Å². The van der Waals surface area contributed by atoms with Gasteiger partial charge in [-0.15, -0.1) is 13.2 Å². The van der Waals surface area contributed by atoms with E-state index < -0.39 is 22.7 Å². The molecule has 0 aliphatic carbocycles. The number of rotatable bonds is 3. The monoisotopic (exact) mass is 300 g/mol. The summed E-state index contributed by atoms with van der Waals surface area (Å²) in [6.07, 6.45) is -4.12. The first-order valence-corrected chi connectivity index (χ1v) is 5.40. The third-order valence-corrected chi connectivity index (χ3v) is 2.35. The van der Waals surface area contributed by atoms with Crippen LogP contribution in [-0.4, -0.2) is 21.3 Å². The van der Waals surface area contributed by atoms with Crippen molar-refractivity contribution in [3.8, 4) is 17.0 Å². The van der Waals surface area contributed by atoms with Crippen LogP contribution >= 0.6 is 0 Å². The highest BCUT2D eigenvalue weighted by atomic mass is 19.4. The predicted molar refractivity (Wildman–Crippen MR) is 65.2 cm³/mol. The van der Waals surface area contributed by atoms with Crippen molar-refractivity contribution in [2.24, 2.45) is 0 Å². The molecule has 1 aromatic carbocycles. The van der Waals surface area contributed by atoms with Crippen LogP contribution in [0.5, 0.6) is 5.75 Å². The molecule has 0 aliphatic rings. The number of benzene rings is 1. The van der Waals surface area contributed by atoms with Gasteiger partial charge in [-0.1, -0.05) is 12.1 Å². The minimum atomic E-state index is -4.94. The normalized spacial score (nSPS) is 11.2. The standard InChI is InChI=1S/C11H7F3N4O3/c12-11(13,14)21-8-4-2-1-3-6(8)9-7(18(19)20)5-16-10(15)17-9/h1-5H,(H2,15,16,17). The van der Waals surface area contributed by atoms with Crippen LogP contribution < -0.4 is 10.5 Å². The largest absolute Gasteiger partial charge is 0.573 e. The Balaban J connectivity index is 2.62. The van der Waals surface area contributed by atoms with Gasteiger partial charge in [-0.3, -0.25) is 10.1 Å². The molecule has 2 N–H and O–H groups in total. The first-order valence-electron chi connectivity index (χ1n) is 5.40. The van der Waals surface area contributed by atoms with Crippen molar-refractivity contribution in [1.29, 1.82) is 0 Å². The lowest BCUT2D eigenvalue weighted by atomic mass is 10.1. The fourth-order valence-electron chi connectivity index (χ4n) is 1.60. The number of aromatic nitrogens is 2. The van der Waals surface area contributed by atoms with Gasteiger partial charge >= 0.3 is 12.0 Å². The van der Waals surface area contributed by atoms with Crippen LogP contribution in [-0.2, 0) is 0 Å². The van der Waals surface area contributed by atoms with Crippen molar-refractivity contribution in [3.05, 3.63) is 40.6 Å². The minimum Gasteiger partial charge on any atom is -0.405 e. The zero-order chi connectivity index (χ0) is 15.6. The number of nitrogens with two attached hydrogens (primary N) is 1. The summed E-state index contributed by atoms with van der Waals surface area (Å²) >= 11 is 0. The predicted octanol–water partition coefficient (Wildman–Crippen LogP) is 2.53. The zero-order valence-corrected chi connectivity index (χ0v) is 10.2. The molecule has 0 unspecified atom stereocenters. The average Bonchev–Trinajstić information content (AvgIpc) is 2.37. The molecule has 0 spiro atoms. The molecule has 1 heterocycles. The van der Waals surface area contributed by atoms with E-state index in [0.29, 0.717) is 0 Å². The molecular weight excluding hydrogens is 293 g/mol. The first-order chi connectivity index (χ1) is 9.78. The topological polar surface area (TPSA) is 104 Å². The van der Waals surface area contributed by atoms with Gasteiger partial charge in [0.05, 0.1) is 4.92 Å². The number of para-hydroxylation sites is 1. The molecule has 0 bridgehead atoms. The Morgan fingerprint density at radius 3 is 2.57 bits per heavy atom. The SMILES string of the molecule is Nc1ncc([N+](=O)[O-])c(-c2ccccc2OC(F)(F)F)n1. The third-order valence-electron chi connectivity index (χ3n) is 2.35. The number of nitrogen functional groups attached to an aromatic ring is 1. The lowest BCUT2D eigenvalue weighted by Crippen LogP contribution is -2.17. The van der Waals surface area contributed by atoms with Gasteiger partial charge < -0.3 is 10.5 Å². The maximum Gasteiger partial charge on any atom is 0.573 e. The van der Waals surface area contributed by atoms with Gasteiger partial charge in [0.1, 0.15) is 11.9 Å². The molecule has 1 aromatic heterocycles. The molecule has 0 amide bonds. The van der Waals surface area contributed by atoms with E-state index >= 15 is 0 Å². The van der Waals surface area contributed by atoms with Crippen molar-refractivity contribution in [2.75, 3.05) is 5.73 Å². The first kappa shape index (κ1) is 14.5. The van der Waals surface area contributed by atoms with Gasteiger partial charge in [-0.05, 0) is 12.1 Å². The lowest BCUT2D eigenvalue weighted by Gasteiger charge is -2.12. The van der Waals surface area contributed by atoms with E-state index in [0.717, 1.165) is 12.3 Å². The second kappa shape index (κ2) is 5.23. The fourth-order valence-corrected chi connectivity index (χ4v) is 1.60. The highest BCUT2D eigenvalue weighted by Crippen LogP contribution is 2.36. The van der Waals surface area contributed by atoms with Crippen molar-refractivity contribution < 1.29 is 22.8 Å². The number of ether oxygens (including phenoxy) is 1. The van der Waals surface area contributed by atoms with Crippen LogP contribution in [0.1, 0.15) is 0 Å². The lowest BCUT2D eigenvalue weighted by molar-refractivity contribution is -0.384. The summed E-state index contributed by atoms with van der Waals surface area (Å²) in [4.78, 5) is 17.2. The van der Waals surface area contributed by atoms with Gasteiger partial charge in [0.25, 0.3) is 0 Å². The molecule has 2 rings (SSSR count). The van der Waals surface area contributed by atoms with Crippen molar-refractivity contribution in [2.45, 2.75) is 6.36 Å². The molecule has 2 aromatic rings. The van der Waals surface area contributed by atoms with E-state index in [-0.39, 0.29) is 17.2 Å². The zero-order valence-electron chi connectivity index (χ0n) is 10.2. The number of halogens is 3. The Hall–Kier alpha value is -2.91. The van der Waals surface area contributed by atoms with Crippen molar-refractivity contribution in [3.63, 3.8) is 0 Å². The van der Waals surface area contributed by atoms with E-state index in [1.807, 2.05) is 0 Å². The Morgan fingerprint density at radius 2 is 1.95 bits per heavy atom. The second-order valence-corrected chi connectivity index (χ2v) is 3.76. The summed E-state index contributed by atoms with van der Waals surface area (Å²) in [7, 11) is 0. The Bertz CT molecular complexity index is 691. The van der Waals surface area contributed by atoms with Crippen molar-refractivity contribution in [1.82, 2.24) is 9.97 Å². The molecular formula is C11H7F3N4O3. The van der Waals surface area contributed by atoms with Crippen LogP contribution in [0.4, 0.5) is 24.8 Å². The highest BCUT2D eigenvalue weighted by molar-refractivity contribution is 5.75. The molecule has 0 saturated heterocycles. The molecule has 0 saturated carbocycles. The van der Waals surface area contributed by atoms with Crippen LogP contribution in [0.25, 0.3) is 11.3 Å². The Labute approximate surface area is 115 Å². The van der Waals surface area contributed by atoms with E-state index in [1.54, 1.807) is 0 Å². The van der Waals surface area contributed by atoms with E-state index in [9.17, 15) is 23.3 Å². The van der Waals surface area contributed by atoms with Gasteiger partial charge in [-0.2, -0.15) is 0 Å². The maximum absolute atomic E-state index is 12.4. The summed E-state index contributed by atoms with van der Waals surface area (Å²) < 4.78 is 40.9. The van der Waals surface area contributed by atoms with Gasteiger partial charge in [0.2, 0.25) is 5.95 Å². The number of anilines is 1. The van der Waals surface area contributed by atoms with E-state index in [2.05, 4.69) is 14.7 Å². The molecule has 0 aliphatic heterocycles. The van der Waals surface area contributed by atoms with Crippen LogP contribution in [0, 0.1) is 10.1 Å². The minimum absolute atomic E-state index is 0.212. The summed E-state index contributed by atoms with van der Waals surface area (Å²) in [5.74, 6) is -0.927. The quantitative estimate of drug-likeness (QED) is 0.690. The fraction of sp³-hybridized carbons (Fsp3) is 0.0909. The molecule has 21 heavy (non-hydrogen) atoms. The maximum atomic E-state index is 12.4. The Kier molecular flexibility index (Phi) is 3.61. The molecule has 0 radical (unpaired) electrons. The van der Waals surface area contributed by atoms with Gasteiger partial charge in [0.15, 0.2) is 5.69 Å². The second-order valence-electron chi connectivity index (χ2n) is 3.76. The van der Waals surface area contributed by atoms with Crippen LogP contribution in [0.15, 0.2) is 30.5 Å². The summed E-state index contributed by atoms with van der Waals surface area (Å²) in [6, 6.07) is 4.91. The van der Waals surface area contributed by atoms with Crippen molar-refractivity contribution >= 4 is 11.6 Å². The van der Waals surface area contributed by atoms with E-state index in [1.165, 1.54) is 18.2 Å². The summed E-state index contributed by atoms with van der Waals surface area (Å²) in [6.45, 7) is 0. The summed E-state index contributed by atoms with van der Waals surface area (Å²) in [5, 5.41) is 10.9. The Morgan fingerprint density at radius 1 is 1.29 bits per heavy atom.